The highest BCUT2D eigenvalue weighted by atomic mass is 32.2. The molecule has 0 atom stereocenters. The fourth-order valence-electron chi connectivity index (χ4n) is 3.60. The van der Waals surface area contributed by atoms with Crippen LogP contribution in [0.1, 0.15) is 10.4 Å². The summed E-state index contributed by atoms with van der Waals surface area (Å²) < 4.78 is 0.647. The Morgan fingerprint density at radius 2 is 1.86 bits per heavy atom. The third-order valence-corrected chi connectivity index (χ3v) is 7.91. The van der Waals surface area contributed by atoms with Gasteiger partial charge in [-0.1, -0.05) is 47.9 Å². The number of carboxylic acid groups (broad SMARTS) is 1. The van der Waals surface area contributed by atoms with Crippen LogP contribution in [0.4, 0.5) is 5.69 Å². The molecule has 2 aliphatic heterocycles. The van der Waals surface area contributed by atoms with Gasteiger partial charge in [-0.25, -0.2) is 9.69 Å². The second kappa shape index (κ2) is 10.3. The molecule has 0 unspecified atom stereocenters. The van der Waals surface area contributed by atoms with E-state index in [2.05, 4.69) is 21.3 Å². The van der Waals surface area contributed by atoms with Crippen molar-refractivity contribution in [2.75, 3.05) is 11.6 Å². The number of anilines is 1. The summed E-state index contributed by atoms with van der Waals surface area (Å²) in [5.41, 5.74) is 2.95. The molecule has 3 heterocycles. The van der Waals surface area contributed by atoms with E-state index in [1.165, 1.54) is 11.8 Å². The number of thioether (sulfide) groups is 2. The number of nitrogens with one attached hydrogen (secondary N) is 3. The minimum absolute atomic E-state index is 0.162. The maximum absolute atomic E-state index is 12.9. The number of nitrogens with zero attached hydrogens (tertiary/aromatic N) is 2. The number of carboxylic acids is 1. The van der Waals surface area contributed by atoms with Crippen LogP contribution in [0.25, 0.3) is 11.0 Å². The first kappa shape index (κ1) is 24.8. The SMILES string of the molecule is O=C(O)C#CN1C(=O)/C(=C\C=C2/Sc3ccccc3N2CNC(=O)c2ccc3[nH]c(=S)[nH]c3c2)SC1=S. The Balaban J connectivity index is 1.36. The quantitative estimate of drug-likeness (QED) is 0.210. The number of hydrogen-bond acceptors (Lipinski definition) is 8. The number of aromatic nitrogens is 2. The van der Waals surface area contributed by atoms with Crippen molar-refractivity contribution in [3.63, 3.8) is 0 Å². The standard InChI is InChI=1S/C24H15N5O4S4/c30-20(31)9-10-28-22(33)18(37-24(28)35)7-8-19-29(16-3-1-2-4-17(16)36-19)12-25-21(32)13-5-6-14-15(11-13)27-23(34)26-14/h1-8,11H,12H2,(H,25,32)(H,30,31)(H2,26,27,34)/b18-7+,19-8-. The normalized spacial score (nSPS) is 16.9. The van der Waals surface area contributed by atoms with Gasteiger partial charge in [0.05, 0.1) is 33.3 Å². The van der Waals surface area contributed by atoms with Crippen molar-refractivity contribution in [2.45, 2.75) is 4.90 Å². The highest BCUT2D eigenvalue weighted by molar-refractivity contribution is 8.26. The lowest BCUT2D eigenvalue weighted by molar-refractivity contribution is -0.130. The number of carbonyl (C=O) groups is 3. The molecule has 37 heavy (non-hydrogen) atoms. The number of fused-ring (bicyclic) bond motifs is 2. The Kier molecular flexibility index (Phi) is 6.90. The average molecular weight is 566 g/mol. The lowest BCUT2D eigenvalue weighted by Gasteiger charge is -2.21. The first-order valence-corrected chi connectivity index (χ1v) is 13.0. The van der Waals surface area contributed by atoms with Gasteiger partial charge >= 0.3 is 5.97 Å². The molecule has 3 aromatic rings. The third-order valence-electron chi connectivity index (χ3n) is 5.26. The van der Waals surface area contributed by atoms with Gasteiger partial charge in [-0.2, -0.15) is 0 Å². The number of para-hydroxylation sites is 1. The Bertz CT molecular complexity index is 1680. The summed E-state index contributed by atoms with van der Waals surface area (Å²) in [6.45, 7) is 0.189. The van der Waals surface area contributed by atoms with Gasteiger partial charge < -0.3 is 25.3 Å². The van der Waals surface area contributed by atoms with E-state index in [0.29, 0.717) is 15.2 Å². The molecule has 0 aliphatic carbocycles. The molecule has 0 bridgehead atoms. The van der Waals surface area contributed by atoms with Crippen molar-refractivity contribution >= 4 is 86.8 Å². The molecule has 1 aromatic heterocycles. The van der Waals surface area contributed by atoms with Gasteiger partial charge in [0, 0.05) is 22.4 Å². The molecule has 5 rings (SSSR count). The number of H-pyrrole nitrogens is 2. The second-order valence-corrected chi connectivity index (χ2v) is 10.7. The fourth-order valence-corrected chi connectivity index (χ4v) is 6.00. The highest BCUT2D eigenvalue weighted by Gasteiger charge is 2.31. The summed E-state index contributed by atoms with van der Waals surface area (Å²) >= 11 is 12.8. The van der Waals surface area contributed by atoms with Crippen LogP contribution in [0, 0.1) is 16.7 Å². The summed E-state index contributed by atoms with van der Waals surface area (Å²) in [4.78, 5) is 46.5. The molecular weight excluding hydrogens is 551 g/mol. The summed E-state index contributed by atoms with van der Waals surface area (Å²) in [6, 6.07) is 15.3. The second-order valence-electron chi connectivity index (χ2n) is 7.59. The molecule has 4 N–H and O–H groups in total. The van der Waals surface area contributed by atoms with Crippen LogP contribution in [0.15, 0.2) is 69.4 Å². The molecule has 13 heteroatoms. The van der Waals surface area contributed by atoms with Gasteiger partial charge in [0.1, 0.15) is 0 Å². The van der Waals surface area contributed by atoms with E-state index in [9.17, 15) is 14.4 Å². The number of aromatic amines is 2. The highest BCUT2D eigenvalue weighted by Crippen LogP contribution is 2.45. The molecule has 9 nitrogen and oxygen atoms in total. The molecular formula is C24H15N5O4S4. The van der Waals surface area contributed by atoms with Gasteiger partial charge in [-0.3, -0.25) is 9.59 Å². The maximum Gasteiger partial charge on any atom is 0.383 e. The molecule has 0 saturated carbocycles. The van der Waals surface area contributed by atoms with Gasteiger partial charge in [-0.05, 0) is 54.7 Å². The molecule has 184 valence electrons. The number of amides is 2. The monoisotopic (exact) mass is 565 g/mol. The van der Waals surface area contributed by atoms with E-state index >= 15 is 0 Å². The molecule has 1 saturated heterocycles. The number of carbonyl (C=O) groups excluding carboxylic acids is 2. The lowest BCUT2D eigenvalue weighted by Crippen LogP contribution is -2.35. The third kappa shape index (κ3) is 5.18. The number of imidazole rings is 1. The van der Waals surface area contributed by atoms with Gasteiger partial charge in [0.15, 0.2) is 9.09 Å². The smallest absolute Gasteiger partial charge is 0.383 e. The first-order chi connectivity index (χ1) is 17.8. The van der Waals surface area contributed by atoms with Crippen molar-refractivity contribution in [3.8, 4) is 12.0 Å². The first-order valence-electron chi connectivity index (χ1n) is 10.6. The number of allylic oxidation sites excluding steroid dienone is 2. The lowest BCUT2D eigenvalue weighted by atomic mass is 10.2. The predicted molar refractivity (Wildman–Crippen MR) is 149 cm³/mol. The Morgan fingerprint density at radius 1 is 1.08 bits per heavy atom. The van der Waals surface area contributed by atoms with Crippen molar-refractivity contribution in [2.24, 2.45) is 0 Å². The van der Waals surface area contributed by atoms with Crippen LogP contribution in [-0.2, 0) is 9.59 Å². The zero-order valence-electron chi connectivity index (χ0n) is 18.6. The summed E-state index contributed by atoms with van der Waals surface area (Å²) in [6.07, 6.45) is 3.38. The number of rotatable bonds is 4. The van der Waals surface area contributed by atoms with Crippen molar-refractivity contribution in [3.05, 3.63) is 74.9 Å². The molecule has 0 spiro atoms. The summed E-state index contributed by atoms with van der Waals surface area (Å²) in [5, 5.41) is 12.5. The fraction of sp³-hybridized carbons (Fsp3) is 0.0417. The van der Waals surface area contributed by atoms with Crippen LogP contribution in [0.2, 0.25) is 0 Å². The topological polar surface area (TPSA) is 122 Å². The summed E-state index contributed by atoms with van der Waals surface area (Å²) in [5.74, 6) is -0.191. The maximum atomic E-state index is 12.9. The minimum Gasteiger partial charge on any atom is -0.472 e. The molecule has 2 aliphatic rings. The Hall–Kier alpha value is -3.83. The van der Waals surface area contributed by atoms with Crippen LogP contribution < -0.4 is 10.2 Å². The number of aliphatic carboxylic acids is 1. The minimum atomic E-state index is -1.35. The van der Waals surface area contributed by atoms with E-state index in [1.54, 1.807) is 30.4 Å². The van der Waals surface area contributed by atoms with Gasteiger partial charge in [-0.15, -0.1) is 0 Å². The van der Waals surface area contributed by atoms with Crippen LogP contribution in [-0.4, -0.2) is 48.7 Å². The Labute approximate surface area is 229 Å². The zero-order chi connectivity index (χ0) is 26.1. The number of hydrogen-bond donors (Lipinski definition) is 4. The molecule has 2 aromatic carbocycles. The van der Waals surface area contributed by atoms with Crippen LogP contribution >= 0.6 is 48.0 Å². The van der Waals surface area contributed by atoms with Crippen molar-refractivity contribution in [1.29, 1.82) is 0 Å². The molecule has 2 amide bonds. The van der Waals surface area contributed by atoms with Gasteiger partial charge in [0.25, 0.3) is 11.8 Å². The van der Waals surface area contributed by atoms with E-state index in [0.717, 1.165) is 43.3 Å². The largest absolute Gasteiger partial charge is 0.472 e. The van der Waals surface area contributed by atoms with E-state index < -0.39 is 11.9 Å². The zero-order valence-corrected chi connectivity index (χ0v) is 21.9. The van der Waals surface area contributed by atoms with E-state index in [-0.39, 0.29) is 16.9 Å². The van der Waals surface area contributed by atoms with E-state index in [1.807, 2.05) is 35.1 Å². The average Bonchev–Trinajstić information content (AvgIpc) is 3.50. The van der Waals surface area contributed by atoms with Crippen molar-refractivity contribution < 1.29 is 19.5 Å². The van der Waals surface area contributed by atoms with Gasteiger partial charge in [0.2, 0.25) is 0 Å². The van der Waals surface area contributed by atoms with Crippen LogP contribution in [0.5, 0.6) is 0 Å². The van der Waals surface area contributed by atoms with Crippen molar-refractivity contribution in [1.82, 2.24) is 20.2 Å². The summed E-state index contributed by atoms with van der Waals surface area (Å²) in [7, 11) is 0. The number of thiocarbonyl (C=S) groups is 1. The Morgan fingerprint density at radius 3 is 2.68 bits per heavy atom. The molecule has 0 radical (unpaired) electrons. The van der Waals surface area contributed by atoms with E-state index in [4.69, 9.17) is 29.5 Å². The molecule has 1 fully saturated rings. The predicted octanol–water partition coefficient (Wildman–Crippen LogP) is 4.16. The number of benzene rings is 2. The van der Waals surface area contributed by atoms with Crippen LogP contribution in [0.3, 0.4) is 0 Å².